The van der Waals surface area contributed by atoms with Crippen molar-refractivity contribution in [2.24, 2.45) is 0 Å². The molecule has 0 heterocycles. The average molecular weight is 462 g/mol. The summed E-state index contributed by atoms with van der Waals surface area (Å²) in [6.07, 6.45) is -0.598. The molecule has 1 unspecified atom stereocenters. The van der Waals surface area contributed by atoms with Gasteiger partial charge in [0.15, 0.2) is 0 Å². The van der Waals surface area contributed by atoms with Gasteiger partial charge >= 0.3 is 13.4 Å². The normalized spacial score (nSPS) is 12.7. The van der Waals surface area contributed by atoms with E-state index < -0.39 is 18.7 Å². The van der Waals surface area contributed by atoms with E-state index in [1.165, 1.54) is 15.4 Å². The van der Waals surface area contributed by atoms with Crippen LogP contribution in [0, 0.1) is 10.1 Å². The van der Waals surface area contributed by atoms with Gasteiger partial charge in [0.1, 0.15) is 5.75 Å². The lowest BCUT2D eigenvalue weighted by Gasteiger charge is -2.32. The number of hydrogen-bond acceptors (Lipinski definition) is 6. The highest BCUT2D eigenvalue weighted by Crippen LogP contribution is 2.54. The van der Waals surface area contributed by atoms with Gasteiger partial charge < -0.3 is 9.64 Å². The predicted octanol–water partition coefficient (Wildman–Crippen LogP) is 5.23. The number of nitro groups is 1. The number of nitro benzene ring substituents is 1. The van der Waals surface area contributed by atoms with Crippen LogP contribution in [0.3, 0.4) is 0 Å². The van der Waals surface area contributed by atoms with Gasteiger partial charge in [0.25, 0.3) is 0 Å². The van der Waals surface area contributed by atoms with Gasteiger partial charge in [-0.15, -0.1) is 0 Å². The second-order valence-corrected chi connectivity index (χ2v) is 10.7. The fourth-order valence-corrected chi connectivity index (χ4v) is 4.56. The molecular weight excluding hydrogens is 431 g/mol. The van der Waals surface area contributed by atoms with E-state index in [0.29, 0.717) is 11.3 Å². The minimum absolute atomic E-state index is 0.0756. The van der Waals surface area contributed by atoms with Gasteiger partial charge in [0.2, 0.25) is 5.75 Å². The summed E-state index contributed by atoms with van der Waals surface area (Å²) in [5.74, 6) is 0.521. The Labute approximate surface area is 189 Å². The molecule has 0 radical (unpaired) electrons. The van der Waals surface area contributed by atoms with Crippen molar-refractivity contribution < 1.29 is 18.7 Å². The van der Waals surface area contributed by atoms with Crippen molar-refractivity contribution >= 4 is 19.1 Å². The first-order valence-corrected chi connectivity index (χ1v) is 11.5. The Morgan fingerprint density at radius 2 is 1.59 bits per heavy atom. The summed E-state index contributed by atoms with van der Waals surface area (Å²) in [6.45, 7) is 5.75. The molecule has 0 spiro atoms. The molecule has 0 saturated carbocycles. The van der Waals surface area contributed by atoms with Crippen LogP contribution >= 0.6 is 7.67 Å². The van der Waals surface area contributed by atoms with Crippen LogP contribution < -0.4 is 4.74 Å². The first-order valence-electron chi connectivity index (χ1n) is 9.93. The van der Waals surface area contributed by atoms with Crippen molar-refractivity contribution in [1.82, 2.24) is 14.2 Å². The minimum Gasteiger partial charge on any atom is -0.450 e. The smallest absolute Gasteiger partial charge is 0.345 e. The molecule has 2 aromatic carbocycles. The Hall–Kier alpha value is -2.71. The molecule has 0 aliphatic rings. The summed E-state index contributed by atoms with van der Waals surface area (Å²) in [7, 11) is 7.25. The van der Waals surface area contributed by atoms with Crippen LogP contribution in [0.25, 0.3) is 5.70 Å². The van der Waals surface area contributed by atoms with Crippen molar-refractivity contribution in [3.05, 3.63) is 70.3 Å². The molecule has 10 heteroatoms. The third-order valence-corrected chi connectivity index (χ3v) is 7.52. The zero-order valence-electron chi connectivity index (χ0n) is 19.6. The second-order valence-electron chi connectivity index (χ2n) is 7.88. The van der Waals surface area contributed by atoms with Gasteiger partial charge in [0, 0.05) is 25.9 Å². The van der Waals surface area contributed by atoms with Gasteiger partial charge in [-0.1, -0.05) is 6.58 Å². The van der Waals surface area contributed by atoms with Crippen LogP contribution in [0.2, 0.25) is 0 Å². The topological polar surface area (TPSA) is 88.4 Å². The Balaban J connectivity index is 2.35. The summed E-state index contributed by atoms with van der Waals surface area (Å²) in [5.41, 5.74) is 2.18. The lowest BCUT2D eigenvalue weighted by molar-refractivity contribution is -0.385. The molecule has 0 N–H and O–H groups in total. The van der Waals surface area contributed by atoms with Crippen LogP contribution in [0.15, 0.2) is 49.0 Å². The fourth-order valence-electron chi connectivity index (χ4n) is 2.93. The number of rotatable bonds is 10. The van der Waals surface area contributed by atoms with Crippen LogP contribution in [-0.4, -0.2) is 61.5 Å². The van der Waals surface area contributed by atoms with E-state index in [4.69, 9.17) is 9.26 Å². The highest BCUT2D eigenvalue weighted by Gasteiger charge is 2.32. The first-order chi connectivity index (χ1) is 14.9. The van der Waals surface area contributed by atoms with Crippen LogP contribution in [0.1, 0.15) is 24.2 Å². The molecule has 2 rings (SSSR count). The fraction of sp³-hybridized carbons (Fsp3) is 0.364. The summed E-state index contributed by atoms with van der Waals surface area (Å²) in [4.78, 5) is 12.9. The minimum atomic E-state index is -3.24. The summed E-state index contributed by atoms with van der Waals surface area (Å²) >= 11 is 0. The van der Waals surface area contributed by atoms with Gasteiger partial charge in [0.05, 0.1) is 11.0 Å². The first kappa shape index (κ1) is 25.5. The highest BCUT2D eigenvalue weighted by atomic mass is 31.2. The van der Waals surface area contributed by atoms with Gasteiger partial charge in [-0.25, -0.2) is 9.34 Å². The standard InChI is InChI=1S/C22H31N4O5P/c1-16(23(3)4)18-9-12-20(13-10-18)30-22-15-19(11-14-21(22)26(27)28)17(2)31-32(29,24(5)6)25(7)8/h9-15,17H,1H2,2-8H3. The van der Waals surface area contributed by atoms with Crippen molar-refractivity contribution in [2.75, 3.05) is 42.3 Å². The molecule has 1 atom stereocenters. The zero-order valence-corrected chi connectivity index (χ0v) is 20.5. The molecule has 0 aliphatic heterocycles. The Morgan fingerprint density at radius 1 is 1.03 bits per heavy atom. The molecular formula is C22H31N4O5P. The Kier molecular flexibility index (Phi) is 8.20. The van der Waals surface area contributed by atoms with E-state index in [1.54, 1.807) is 59.4 Å². The van der Waals surface area contributed by atoms with Crippen molar-refractivity contribution in [2.45, 2.75) is 13.0 Å². The van der Waals surface area contributed by atoms with E-state index >= 15 is 0 Å². The van der Waals surface area contributed by atoms with E-state index in [0.717, 1.165) is 11.3 Å². The van der Waals surface area contributed by atoms with E-state index in [9.17, 15) is 14.7 Å². The summed E-state index contributed by atoms with van der Waals surface area (Å²) < 4.78 is 27.9. The molecule has 174 valence electrons. The Morgan fingerprint density at radius 3 is 2.06 bits per heavy atom. The zero-order chi connectivity index (χ0) is 24.2. The van der Waals surface area contributed by atoms with Gasteiger partial charge in [-0.3, -0.25) is 19.2 Å². The number of ether oxygens (including phenoxy) is 1. The Bertz CT molecular complexity index is 1010. The maximum atomic E-state index is 13.2. The van der Waals surface area contributed by atoms with Crippen LogP contribution in [0.5, 0.6) is 11.5 Å². The molecule has 0 amide bonds. The predicted molar refractivity (Wildman–Crippen MR) is 127 cm³/mol. The van der Waals surface area contributed by atoms with E-state index in [2.05, 4.69) is 6.58 Å². The molecule has 0 saturated heterocycles. The maximum Gasteiger partial charge on any atom is 0.345 e. The summed E-state index contributed by atoms with van der Waals surface area (Å²) in [6, 6.07) is 11.6. The van der Waals surface area contributed by atoms with Crippen LogP contribution in [0.4, 0.5) is 5.69 Å². The van der Waals surface area contributed by atoms with Crippen molar-refractivity contribution in [3.8, 4) is 11.5 Å². The lowest BCUT2D eigenvalue weighted by Crippen LogP contribution is -2.23. The molecule has 2 aromatic rings. The molecule has 0 aromatic heterocycles. The molecule has 0 fully saturated rings. The third kappa shape index (κ3) is 5.75. The van der Waals surface area contributed by atoms with Gasteiger partial charge in [-0.05, 0) is 82.6 Å². The molecule has 0 aliphatic carbocycles. The van der Waals surface area contributed by atoms with Crippen LogP contribution in [-0.2, 0) is 9.09 Å². The number of nitrogens with zero attached hydrogens (tertiary/aromatic N) is 4. The number of benzene rings is 2. The van der Waals surface area contributed by atoms with Crippen molar-refractivity contribution in [3.63, 3.8) is 0 Å². The number of hydrogen-bond donors (Lipinski definition) is 0. The molecule has 9 nitrogen and oxygen atoms in total. The second kappa shape index (κ2) is 10.3. The third-order valence-electron chi connectivity index (χ3n) is 4.91. The maximum absolute atomic E-state index is 13.2. The van der Waals surface area contributed by atoms with E-state index in [1.807, 2.05) is 31.1 Å². The van der Waals surface area contributed by atoms with Gasteiger partial charge in [-0.2, -0.15) is 0 Å². The monoisotopic (exact) mass is 462 g/mol. The average Bonchev–Trinajstić information content (AvgIpc) is 2.73. The largest absolute Gasteiger partial charge is 0.450 e. The molecule has 32 heavy (non-hydrogen) atoms. The van der Waals surface area contributed by atoms with Crippen molar-refractivity contribution in [1.29, 1.82) is 0 Å². The highest BCUT2D eigenvalue weighted by molar-refractivity contribution is 7.53. The quantitative estimate of drug-likeness (QED) is 0.269. The van der Waals surface area contributed by atoms with E-state index in [-0.39, 0.29) is 11.4 Å². The molecule has 0 bridgehead atoms. The lowest BCUT2D eigenvalue weighted by atomic mass is 10.1. The summed E-state index contributed by atoms with van der Waals surface area (Å²) in [5, 5.41) is 11.5. The SMILES string of the molecule is C=C(c1ccc(Oc2cc(C(C)OP(=O)(N(C)C)N(C)C)ccc2[N+](=O)[O-])cc1)N(C)C.